The van der Waals surface area contributed by atoms with Gasteiger partial charge in [-0.2, -0.15) is 0 Å². The molecule has 1 saturated heterocycles. The lowest BCUT2D eigenvalue weighted by atomic mass is 9.97. The van der Waals surface area contributed by atoms with Crippen LogP contribution in [0.15, 0.2) is 24.3 Å². The SMILES string of the molecule is CN(C)CCNC(=O)C1CCN(S(=O)(=O)Cc2ccccc2Cl)CC1. The molecule has 0 aliphatic carbocycles. The fourth-order valence-corrected chi connectivity index (χ4v) is 4.72. The van der Waals surface area contributed by atoms with Crippen molar-refractivity contribution in [1.82, 2.24) is 14.5 Å². The highest BCUT2D eigenvalue weighted by Gasteiger charge is 2.31. The third-order valence-corrected chi connectivity index (χ3v) is 6.57. The molecule has 0 saturated carbocycles. The molecule has 0 atom stereocenters. The standard InChI is InChI=1S/C17H26ClN3O3S/c1-20(2)12-9-19-17(22)14-7-10-21(11-8-14)25(23,24)13-15-5-3-4-6-16(15)18/h3-6,14H,7-13H2,1-2H3,(H,19,22). The lowest BCUT2D eigenvalue weighted by Crippen LogP contribution is -2.44. The third kappa shape index (κ3) is 5.95. The molecule has 1 heterocycles. The second-order valence-electron chi connectivity index (χ2n) is 6.62. The van der Waals surface area contributed by atoms with Gasteiger partial charge in [0.15, 0.2) is 0 Å². The van der Waals surface area contributed by atoms with Crippen molar-refractivity contribution in [3.8, 4) is 0 Å². The van der Waals surface area contributed by atoms with E-state index < -0.39 is 10.0 Å². The molecule has 6 nitrogen and oxygen atoms in total. The van der Waals surface area contributed by atoms with Gasteiger partial charge in [0.25, 0.3) is 0 Å². The largest absolute Gasteiger partial charge is 0.355 e. The van der Waals surface area contributed by atoms with Crippen LogP contribution in [-0.4, -0.2) is 63.8 Å². The van der Waals surface area contributed by atoms with Crippen LogP contribution in [0, 0.1) is 5.92 Å². The molecule has 1 aromatic rings. The van der Waals surface area contributed by atoms with Crippen molar-refractivity contribution in [1.29, 1.82) is 0 Å². The first kappa shape index (κ1) is 20.2. The van der Waals surface area contributed by atoms with Crippen molar-refractivity contribution in [2.24, 2.45) is 5.92 Å². The van der Waals surface area contributed by atoms with Gasteiger partial charge in [0.2, 0.25) is 15.9 Å². The first-order valence-electron chi connectivity index (χ1n) is 8.43. The molecule has 25 heavy (non-hydrogen) atoms. The summed E-state index contributed by atoms with van der Waals surface area (Å²) >= 11 is 6.07. The minimum absolute atomic E-state index is 0.0185. The molecule has 0 radical (unpaired) electrons. The van der Waals surface area contributed by atoms with E-state index in [9.17, 15) is 13.2 Å². The summed E-state index contributed by atoms with van der Waals surface area (Å²) in [5.74, 6) is -0.203. The molecule has 1 aliphatic heterocycles. The average molecular weight is 388 g/mol. The van der Waals surface area contributed by atoms with Crippen molar-refractivity contribution < 1.29 is 13.2 Å². The molecule has 1 fully saturated rings. The molecular formula is C17H26ClN3O3S. The fraction of sp³-hybridized carbons (Fsp3) is 0.588. The molecule has 0 bridgehead atoms. The summed E-state index contributed by atoms with van der Waals surface area (Å²) in [6.07, 6.45) is 1.10. The van der Waals surface area contributed by atoms with Gasteiger partial charge in [0.1, 0.15) is 0 Å². The average Bonchev–Trinajstić information content (AvgIpc) is 2.56. The number of halogens is 1. The third-order valence-electron chi connectivity index (χ3n) is 4.37. The number of rotatable bonds is 7. The van der Waals surface area contributed by atoms with E-state index >= 15 is 0 Å². The smallest absolute Gasteiger partial charge is 0.223 e. The number of carbonyl (C=O) groups is 1. The first-order chi connectivity index (χ1) is 11.8. The van der Waals surface area contributed by atoms with E-state index in [0.29, 0.717) is 43.1 Å². The Hall–Kier alpha value is -1.15. The van der Waals surface area contributed by atoms with E-state index in [1.807, 2.05) is 19.0 Å². The van der Waals surface area contributed by atoms with Crippen LogP contribution in [0.1, 0.15) is 18.4 Å². The van der Waals surface area contributed by atoms with Crippen LogP contribution in [0.4, 0.5) is 0 Å². The van der Waals surface area contributed by atoms with Gasteiger partial charge in [-0.25, -0.2) is 12.7 Å². The van der Waals surface area contributed by atoms with Gasteiger partial charge in [-0.05, 0) is 38.6 Å². The lowest BCUT2D eigenvalue weighted by Gasteiger charge is -2.30. The van der Waals surface area contributed by atoms with Gasteiger partial charge in [-0.15, -0.1) is 0 Å². The summed E-state index contributed by atoms with van der Waals surface area (Å²) in [6, 6.07) is 6.97. The maximum atomic E-state index is 12.6. The molecule has 2 rings (SSSR count). The Morgan fingerprint density at radius 3 is 2.52 bits per heavy atom. The van der Waals surface area contributed by atoms with E-state index in [1.165, 1.54) is 4.31 Å². The van der Waals surface area contributed by atoms with E-state index in [-0.39, 0.29) is 17.6 Å². The zero-order valence-electron chi connectivity index (χ0n) is 14.7. The fourth-order valence-electron chi connectivity index (χ4n) is 2.85. The van der Waals surface area contributed by atoms with Gasteiger partial charge in [0.05, 0.1) is 5.75 Å². The van der Waals surface area contributed by atoms with Crippen molar-refractivity contribution in [2.75, 3.05) is 40.3 Å². The molecule has 1 aromatic carbocycles. The Morgan fingerprint density at radius 2 is 1.92 bits per heavy atom. The monoisotopic (exact) mass is 387 g/mol. The van der Waals surface area contributed by atoms with E-state index in [4.69, 9.17) is 11.6 Å². The minimum atomic E-state index is -3.43. The number of amides is 1. The summed E-state index contributed by atoms with van der Waals surface area (Å²) < 4.78 is 26.7. The number of benzene rings is 1. The summed E-state index contributed by atoms with van der Waals surface area (Å²) in [5, 5.41) is 3.38. The van der Waals surface area contributed by atoms with Crippen LogP contribution in [0.3, 0.4) is 0 Å². The van der Waals surface area contributed by atoms with Crippen molar-refractivity contribution in [3.05, 3.63) is 34.9 Å². The molecule has 1 N–H and O–H groups in total. The summed E-state index contributed by atoms with van der Waals surface area (Å²) in [7, 11) is 0.480. The Morgan fingerprint density at radius 1 is 1.28 bits per heavy atom. The predicted octanol–water partition coefficient (Wildman–Crippen LogP) is 1.56. The quantitative estimate of drug-likeness (QED) is 0.770. The number of nitrogens with zero attached hydrogens (tertiary/aromatic N) is 2. The number of hydrogen-bond donors (Lipinski definition) is 1. The number of sulfonamides is 1. The zero-order valence-corrected chi connectivity index (χ0v) is 16.3. The molecule has 0 aromatic heterocycles. The van der Waals surface area contributed by atoms with Crippen LogP contribution in [0.25, 0.3) is 0 Å². The van der Waals surface area contributed by atoms with E-state index in [0.717, 1.165) is 6.54 Å². The Kier molecular flexibility index (Phi) is 7.25. The number of hydrogen-bond acceptors (Lipinski definition) is 4. The van der Waals surface area contributed by atoms with Crippen LogP contribution in [0.2, 0.25) is 5.02 Å². The highest BCUT2D eigenvalue weighted by Crippen LogP contribution is 2.24. The second-order valence-corrected chi connectivity index (χ2v) is 8.99. The zero-order chi connectivity index (χ0) is 18.4. The summed E-state index contributed by atoms with van der Waals surface area (Å²) in [5.41, 5.74) is 0.604. The maximum Gasteiger partial charge on any atom is 0.223 e. The number of piperidine rings is 1. The molecule has 0 spiro atoms. The molecular weight excluding hydrogens is 362 g/mol. The van der Waals surface area contributed by atoms with Gasteiger partial charge >= 0.3 is 0 Å². The lowest BCUT2D eigenvalue weighted by molar-refractivity contribution is -0.126. The summed E-state index contributed by atoms with van der Waals surface area (Å²) in [6.45, 7) is 2.14. The van der Waals surface area contributed by atoms with Gasteiger partial charge in [-0.1, -0.05) is 29.8 Å². The van der Waals surface area contributed by atoms with Gasteiger partial charge in [-0.3, -0.25) is 4.79 Å². The van der Waals surface area contributed by atoms with Crippen molar-refractivity contribution in [2.45, 2.75) is 18.6 Å². The van der Waals surface area contributed by atoms with Crippen LogP contribution < -0.4 is 5.32 Å². The normalized spacial score (nSPS) is 17.0. The van der Waals surface area contributed by atoms with Crippen LogP contribution in [0.5, 0.6) is 0 Å². The summed E-state index contributed by atoms with van der Waals surface area (Å²) in [4.78, 5) is 14.2. The Labute approximate surface area is 155 Å². The molecule has 8 heteroatoms. The van der Waals surface area contributed by atoms with Crippen molar-refractivity contribution in [3.63, 3.8) is 0 Å². The highest BCUT2D eigenvalue weighted by molar-refractivity contribution is 7.88. The Bertz CT molecular complexity index is 686. The molecule has 140 valence electrons. The molecule has 1 amide bonds. The van der Waals surface area contributed by atoms with Crippen LogP contribution in [-0.2, 0) is 20.6 Å². The minimum Gasteiger partial charge on any atom is -0.355 e. The second kappa shape index (κ2) is 8.98. The first-order valence-corrected chi connectivity index (χ1v) is 10.4. The van der Waals surface area contributed by atoms with Gasteiger partial charge in [0, 0.05) is 37.1 Å². The molecule has 0 unspecified atom stereocenters. The Balaban J connectivity index is 1.86. The number of nitrogens with one attached hydrogen (secondary N) is 1. The maximum absolute atomic E-state index is 12.6. The predicted molar refractivity (Wildman–Crippen MR) is 99.9 cm³/mol. The highest BCUT2D eigenvalue weighted by atomic mass is 35.5. The number of likely N-dealkylation sites (N-methyl/N-ethyl adjacent to an activating group) is 1. The van der Waals surface area contributed by atoms with Crippen LogP contribution >= 0.6 is 11.6 Å². The van der Waals surface area contributed by atoms with Crippen molar-refractivity contribution >= 4 is 27.5 Å². The topological polar surface area (TPSA) is 69.7 Å². The number of carbonyl (C=O) groups excluding carboxylic acids is 1. The molecule has 1 aliphatic rings. The van der Waals surface area contributed by atoms with E-state index in [2.05, 4.69) is 5.32 Å². The van der Waals surface area contributed by atoms with Gasteiger partial charge < -0.3 is 10.2 Å². The van der Waals surface area contributed by atoms with E-state index in [1.54, 1.807) is 24.3 Å².